The van der Waals surface area contributed by atoms with E-state index < -0.39 is 0 Å². The summed E-state index contributed by atoms with van der Waals surface area (Å²) in [5.74, 6) is 1.82. The van der Waals surface area contributed by atoms with Crippen molar-refractivity contribution in [2.75, 3.05) is 24.5 Å². The summed E-state index contributed by atoms with van der Waals surface area (Å²) in [4.78, 5) is 10.9. The van der Waals surface area contributed by atoms with Crippen LogP contribution in [0.15, 0.2) is 12.4 Å². The maximum atomic E-state index is 5.59. The van der Waals surface area contributed by atoms with E-state index in [1.54, 1.807) is 6.33 Å². The second-order valence-electron chi connectivity index (χ2n) is 4.40. The van der Waals surface area contributed by atoms with Gasteiger partial charge in [-0.3, -0.25) is 0 Å². The zero-order valence-electron chi connectivity index (χ0n) is 9.89. The van der Waals surface area contributed by atoms with Crippen LogP contribution in [0.1, 0.15) is 25.5 Å². The first-order valence-electron chi connectivity index (χ1n) is 6.09. The average molecular weight is 220 g/mol. The van der Waals surface area contributed by atoms with Gasteiger partial charge < -0.3 is 10.6 Å². The molecule has 2 N–H and O–H groups in total. The van der Waals surface area contributed by atoms with Crippen LogP contribution in [0.25, 0.3) is 0 Å². The second kappa shape index (κ2) is 5.25. The molecule has 0 bridgehead atoms. The number of hydrogen-bond donors (Lipinski definition) is 1. The maximum Gasteiger partial charge on any atom is 0.132 e. The third-order valence-corrected chi connectivity index (χ3v) is 3.26. The van der Waals surface area contributed by atoms with Gasteiger partial charge in [-0.1, -0.05) is 6.92 Å². The third-order valence-electron chi connectivity index (χ3n) is 3.26. The zero-order valence-corrected chi connectivity index (χ0v) is 9.89. The van der Waals surface area contributed by atoms with Crippen LogP contribution in [-0.2, 0) is 6.42 Å². The van der Waals surface area contributed by atoms with E-state index in [4.69, 9.17) is 5.73 Å². The lowest BCUT2D eigenvalue weighted by molar-refractivity contribution is 0.546. The van der Waals surface area contributed by atoms with Gasteiger partial charge in [-0.15, -0.1) is 0 Å². The average Bonchev–Trinajstić information content (AvgIpc) is 2.78. The summed E-state index contributed by atoms with van der Waals surface area (Å²) in [5, 5.41) is 0. The molecule has 16 heavy (non-hydrogen) atoms. The van der Waals surface area contributed by atoms with Crippen LogP contribution in [0.2, 0.25) is 0 Å². The van der Waals surface area contributed by atoms with Crippen LogP contribution >= 0.6 is 0 Å². The fourth-order valence-corrected chi connectivity index (χ4v) is 2.26. The molecule has 0 amide bonds. The van der Waals surface area contributed by atoms with Gasteiger partial charge in [-0.2, -0.15) is 0 Å². The van der Waals surface area contributed by atoms with Crippen LogP contribution in [-0.4, -0.2) is 29.6 Å². The van der Waals surface area contributed by atoms with Crippen molar-refractivity contribution in [3.05, 3.63) is 18.1 Å². The molecule has 88 valence electrons. The van der Waals surface area contributed by atoms with Gasteiger partial charge >= 0.3 is 0 Å². The van der Waals surface area contributed by atoms with Gasteiger partial charge in [0.15, 0.2) is 0 Å². The summed E-state index contributed by atoms with van der Waals surface area (Å²) in [6, 6.07) is 2.10. The molecule has 1 fully saturated rings. The van der Waals surface area contributed by atoms with Gasteiger partial charge in [0.05, 0.1) is 0 Å². The Balaban J connectivity index is 2.02. The number of aromatic nitrogens is 2. The molecule has 0 aliphatic carbocycles. The van der Waals surface area contributed by atoms with E-state index in [9.17, 15) is 0 Å². The molecule has 4 heteroatoms. The number of nitrogens with two attached hydrogens (primary N) is 1. The van der Waals surface area contributed by atoms with Crippen molar-refractivity contribution < 1.29 is 0 Å². The Bertz CT molecular complexity index is 340. The monoisotopic (exact) mass is 220 g/mol. The molecule has 0 aromatic carbocycles. The lowest BCUT2D eigenvalue weighted by Crippen LogP contribution is -2.21. The van der Waals surface area contributed by atoms with Crippen molar-refractivity contribution in [1.82, 2.24) is 9.97 Å². The molecule has 1 saturated heterocycles. The lowest BCUT2D eigenvalue weighted by atomic mass is 10.1. The molecule has 1 aliphatic rings. The standard InChI is InChI=1S/C12H20N4/c1-2-11-7-12(15-9-14-11)16-6-4-10(8-16)3-5-13/h7,9-10H,2-6,8,13H2,1H3. The molecule has 0 radical (unpaired) electrons. The van der Waals surface area contributed by atoms with E-state index >= 15 is 0 Å². The number of nitrogens with zero attached hydrogens (tertiary/aromatic N) is 3. The molecule has 1 aliphatic heterocycles. The third kappa shape index (κ3) is 2.50. The van der Waals surface area contributed by atoms with Crippen molar-refractivity contribution in [2.45, 2.75) is 26.2 Å². The number of hydrogen-bond acceptors (Lipinski definition) is 4. The predicted octanol–water partition coefficient (Wildman–Crippen LogP) is 1.21. The first-order chi connectivity index (χ1) is 7.83. The van der Waals surface area contributed by atoms with E-state index in [0.29, 0.717) is 0 Å². The Morgan fingerprint density at radius 3 is 3.12 bits per heavy atom. The minimum atomic E-state index is 0.741. The van der Waals surface area contributed by atoms with Crippen LogP contribution < -0.4 is 10.6 Å². The molecule has 1 unspecified atom stereocenters. The molecular weight excluding hydrogens is 200 g/mol. The quantitative estimate of drug-likeness (QED) is 0.828. The van der Waals surface area contributed by atoms with Crippen LogP contribution in [0.5, 0.6) is 0 Å². The van der Waals surface area contributed by atoms with Crippen LogP contribution in [0, 0.1) is 5.92 Å². The van der Waals surface area contributed by atoms with E-state index in [1.165, 1.54) is 6.42 Å². The van der Waals surface area contributed by atoms with E-state index in [0.717, 1.165) is 49.9 Å². The van der Waals surface area contributed by atoms with Gasteiger partial charge in [0.1, 0.15) is 12.1 Å². The largest absolute Gasteiger partial charge is 0.356 e. The van der Waals surface area contributed by atoms with Crippen molar-refractivity contribution in [3.8, 4) is 0 Å². The zero-order chi connectivity index (χ0) is 11.4. The minimum absolute atomic E-state index is 0.741. The first-order valence-corrected chi connectivity index (χ1v) is 6.09. The van der Waals surface area contributed by atoms with Gasteiger partial charge in [0, 0.05) is 24.8 Å². The van der Waals surface area contributed by atoms with Gasteiger partial charge in [-0.25, -0.2) is 9.97 Å². The molecule has 2 rings (SSSR count). The minimum Gasteiger partial charge on any atom is -0.356 e. The molecule has 1 aromatic heterocycles. The fraction of sp³-hybridized carbons (Fsp3) is 0.667. The van der Waals surface area contributed by atoms with Crippen LogP contribution in [0.4, 0.5) is 5.82 Å². The SMILES string of the molecule is CCc1cc(N2CCC(CCN)C2)ncn1. The molecule has 0 saturated carbocycles. The van der Waals surface area contributed by atoms with E-state index in [1.807, 2.05) is 0 Å². The molecule has 1 atom stereocenters. The Morgan fingerprint density at radius 1 is 1.50 bits per heavy atom. The second-order valence-corrected chi connectivity index (χ2v) is 4.40. The summed E-state index contributed by atoms with van der Waals surface area (Å²) in [5.41, 5.74) is 6.71. The highest BCUT2D eigenvalue weighted by atomic mass is 15.2. The highest BCUT2D eigenvalue weighted by Gasteiger charge is 2.22. The summed E-state index contributed by atoms with van der Waals surface area (Å²) < 4.78 is 0. The van der Waals surface area contributed by atoms with Gasteiger partial charge in [0.25, 0.3) is 0 Å². The molecule has 2 heterocycles. The van der Waals surface area contributed by atoms with Crippen molar-refractivity contribution >= 4 is 5.82 Å². The normalized spacial score (nSPS) is 20.4. The van der Waals surface area contributed by atoms with E-state index in [-0.39, 0.29) is 0 Å². The van der Waals surface area contributed by atoms with Crippen molar-refractivity contribution in [1.29, 1.82) is 0 Å². The smallest absolute Gasteiger partial charge is 0.132 e. The lowest BCUT2D eigenvalue weighted by Gasteiger charge is -2.17. The van der Waals surface area contributed by atoms with Gasteiger partial charge in [-0.05, 0) is 31.7 Å². The Hall–Kier alpha value is -1.16. The Kier molecular flexibility index (Phi) is 3.72. The summed E-state index contributed by atoms with van der Waals surface area (Å²) in [6.45, 7) is 5.11. The van der Waals surface area contributed by atoms with Crippen molar-refractivity contribution in [3.63, 3.8) is 0 Å². The number of rotatable bonds is 4. The summed E-state index contributed by atoms with van der Waals surface area (Å²) >= 11 is 0. The number of aryl methyl sites for hydroxylation is 1. The summed E-state index contributed by atoms with van der Waals surface area (Å²) in [7, 11) is 0. The van der Waals surface area contributed by atoms with Crippen molar-refractivity contribution in [2.24, 2.45) is 11.7 Å². The maximum absolute atomic E-state index is 5.59. The highest BCUT2D eigenvalue weighted by molar-refractivity contribution is 5.40. The molecule has 0 spiro atoms. The fourth-order valence-electron chi connectivity index (χ4n) is 2.26. The van der Waals surface area contributed by atoms with E-state index in [2.05, 4.69) is 27.9 Å². The van der Waals surface area contributed by atoms with Crippen LogP contribution in [0.3, 0.4) is 0 Å². The number of anilines is 1. The Labute approximate surface area is 96.9 Å². The predicted molar refractivity (Wildman–Crippen MR) is 65.4 cm³/mol. The first kappa shape index (κ1) is 11.3. The Morgan fingerprint density at radius 2 is 2.38 bits per heavy atom. The topological polar surface area (TPSA) is 55.0 Å². The molecule has 4 nitrogen and oxygen atoms in total. The van der Waals surface area contributed by atoms with Gasteiger partial charge in [0.2, 0.25) is 0 Å². The highest BCUT2D eigenvalue weighted by Crippen LogP contribution is 2.23. The molecule has 1 aromatic rings. The summed E-state index contributed by atoms with van der Waals surface area (Å²) in [6.07, 6.45) is 5.00. The molecular formula is C12H20N4.